The van der Waals surface area contributed by atoms with Crippen molar-refractivity contribution < 1.29 is 9.53 Å². The third kappa shape index (κ3) is 6.12. The minimum Gasteiger partial charge on any atom is -0.497 e. The first-order valence-electron chi connectivity index (χ1n) is 12.2. The number of piperazine rings is 1. The molecule has 0 aliphatic carbocycles. The molecular weight excluding hydrogens is 448 g/mol. The van der Waals surface area contributed by atoms with Crippen LogP contribution in [0.15, 0.2) is 96.7 Å². The molecule has 3 aromatic carbocycles. The third-order valence-electron chi connectivity index (χ3n) is 6.58. The van der Waals surface area contributed by atoms with Crippen molar-refractivity contribution in [2.75, 3.05) is 33.3 Å². The van der Waals surface area contributed by atoms with E-state index in [0.29, 0.717) is 0 Å². The van der Waals surface area contributed by atoms with Crippen LogP contribution in [-0.4, -0.2) is 49.0 Å². The highest BCUT2D eigenvalue weighted by molar-refractivity contribution is 5.97. The minimum atomic E-state index is -0.366. The quantitative estimate of drug-likeness (QED) is 0.374. The third-order valence-corrected chi connectivity index (χ3v) is 6.58. The van der Waals surface area contributed by atoms with Gasteiger partial charge in [-0.3, -0.25) is 9.69 Å². The monoisotopic (exact) mass is 480 g/mol. The van der Waals surface area contributed by atoms with Crippen molar-refractivity contribution in [1.82, 2.24) is 15.1 Å². The maximum Gasteiger partial charge on any atom is 0.263 e. The number of amides is 1. The second-order valence-corrected chi connectivity index (χ2v) is 8.92. The molecule has 1 saturated heterocycles. The first-order valence-corrected chi connectivity index (χ1v) is 12.2. The fraction of sp³-hybridized carbons (Fsp3) is 0.267. The van der Waals surface area contributed by atoms with Crippen LogP contribution in [-0.2, 0) is 4.79 Å². The van der Waals surface area contributed by atoms with Crippen LogP contribution in [0.3, 0.4) is 0 Å². The lowest BCUT2D eigenvalue weighted by atomic mass is 9.96. The van der Waals surface area contributed by atoms with E-state index in [9.17, 15) is 10.1 Å². The van der Waals surface area contributed by atoms with Gasteiger partial charge in [-0.15, -0.1) is 0 Å². The zero-order valence-corrected chi connectivity index (χ0v) is 20.8. The van der Waals surface area contributed by atoms with E-state index in [2.05, 4.69) is 69.7 Å². The van der Waals surface area contributed by atoms with Gasteiger partial charge in [0.1, 0.15) is 17.4 Å². The molecular formula is C30H32N4O2. The Morgan fingerprint density at radius 3 is 1.94 bits per heavy atom. The average Bonchev–Trinajstić information content (AvgIpc) is 2.94. The van der Waals surface area contributed by atoms with Gasteiger partial charge in [-0.2, -0.15) is 5.26 Å². The zero-order valence-electron chi connectivity index (χ0n) is 20.8. The summed E-state index contributed by atoms with van der Waals surface area (Å²) in [7, 11) is 1.62. The molecule has 1 unspecified atom stereocenters. The Labute approximate surface area is 213 Å². The molecule has 0 spiro atoms. The topological polar surface area (TPSA) is 68.6 Å². The Balaban J connectivity index is 1.40. The van der Waals surface area contributed by atoms with Crippen LogP contribution >= 0.6 is 0 Å². The van der Waals surface area contributed by atoms with E-state index < -0.39 is 0 Å². The van der Waals surface area contributed by atoms with Gasteiger partial charge in [-0.1, -0.05) is 72.8 Å². The van der Waals surface area contributed by atoms with E-state index in [1.54, 1.807) is 13.3 Å². The van der Waals surface area contributed by atoms with Crippen LogP contribution < -0.4 is 10.1 Å². The Bertz CT molecular complexity index is 1160. The standard InChI is InChI=1S/C30H32N4O2/c1-23(24-13-15-28(36-2)16-14-24)32-30(35)27(21-31)22-33-17-19-34(20-18-33)29(25-9-5-3-6-10-25)26-11-7-4-8-12-26/h3-16,22-23,29H,17-20H2,1-2H3,(H,32,35)/b27-22-. The predicted molar refractivity (Wildman–Crippen MR) is 141 cm³/mol. The van der Waals surface area contributed by atoms with Gasteiger partial charge in [0.05, 0.1) is 19.2 Å². The number of nitrogens with zero attached hydrogens (tertiary/aromatic N) is 3. The summed E-state index contributed by atoms with van der Waals surface area (Å²) in [5.41, 5.74) is 3.59. The number of nitrogens with one attached hydrogen (secondary N) is 1. The van der Waals surface area contributed by atoms with Gasteiger partial charge in [-0.25, -0.2) is 0 Å². The first-order chi connectivity index (χ1) is 17.6. The molecule has 4 rings (SSSR count). The van der Waals surface area contributed by atoms with Crippen LogP contribution in [0.1, 0.15) is 35.7 Å². The average molecular weight is 481 g/mol. The highest BCUT2D eigenvalue weighted by atomic mass is 16.5. The molecule has 0 saturated carbocycles. The summed E-state index contributed by atoms with van der Waals surface area (Å²) in [6.45, 7) is 5.03. The summed E-state index contributed by atoms with van der Waals surface area (Å²) < 4.78 is 5.19. The molecule has 1 heterocycles. The number of carbonyl (C=O) groups excluding carboxylic acids is 1. The molecule has 1 N–H and O–H groups in total. The van der Waals surface area contributed by atoms with Crippen LogP contribution in [0.5, 0.6) is 5.75 Å². The maximum absolute atomic E-state index is 12.8. The van der Waals surface area contributed by atoms with Crippen molar-refractivity contribution in [3.8, 4) is 11.8 Å². The molecule has 1 atom stereocenters. The molecule has 36 heavy (non-hydrogen) atoms. The molecule has 0 radical (unpaired) electrons. The molecule has 1 amide bonds. The minimum absolute atomic E-state index is 0.117. The Morgan fingerprint density at radius 2 is 1.44 bits per heavy atom. The lowest BCUT2D eigenvalue weighted by Crippen LogP contribution is -2.46. The van der Waals surface area contributed by atoms with E-state index in [4.69, 9.17) is 4.74 Å². The number of hydrogen-bond donors (Lipinski definition) is 1. The van der Waals surface area contributed by atoms with Gasteiger partial charge in [0.25, 0.3) is 5.91 Å². The molecule has 1 aliphatic rings. The second kappa shape index (κ2) is 12.1. The van der Waals surface area contributed by atoms with Crippen LogP contribution in [0, 0.1) is 11.3 Å². The molecule has 6 nitrogen and oxygen atoms in total. The van der Waals surface area contributed by atoms with Crippen molar-refractivity contribution in [1.29, 1.82) is 5.26 Å². The first kappa shape index (κ1) is 25.0. The van der Waals surface area contributed by atoms with Gasteiger partial charge in [0.2, 0.25) is 0 Å². The molecule has 0 bridgehead atoms. The van der Waals surface area contributed by atoms with Gasteiger partial charge in [0.15, 0.2) is 0 Å². The normalized spacial score (nSPS) is 15.3. The largest absolute Gasteiger partial charge is 0.497 e. The van der Waals surface area contributed by atoms with Crippen LogP contribution in [0.25, 0.3) is 0 Å². The summed E-state index contributed by atoms with van der Waals surface area (Å²) in [6.07, 6.45) is 1.70. The Morgan fingerprint density at radius 1 is 0.889 bits per heavy atom. The molecule has 6 heteroatoms. The maximum atomic E-state index is 12.8. The highest BCUT2D eigenvalue weighted by Crippen LogP contribution is 2.29. The number of nitriles is 1. The molecule has 184 valence electrons. The van der Waals surface area contributed by atoms with Crippen molar-refractivity contribution in [2.45, 2.75) is 19.0 Å². The van der Waals surface area contributed by atoms with Crippen molar-refractivity contribution >= 4 is 5.91 Å². The fourth-order valence-electron chi connectivity index (χ4n) is 4.58. The number of carbonyl (C=O) groups is 1. The van der Waals surface area contributed by atoms with Gasteiger partial charge in [0, 0.05) is 32.4 Å². The molecule has 1 aliphatic heterocycles. The lowest BCUT2D eigenvalue weighted by molar-refractivity contribution is -0.117. The van der Waals surface area contributed by atoms with Gasteiger partial charge in [-0.05, 0) is 35.7 Å². The summed E-state index contributed by atoms with van der Waals surface area (Å²) in [5, 5.41) is 12.6. The highest BCUT2D eigenvalue weighted by Gasteiger charge is 2.26. The number of methoxy groups -OCH3 is 1. The van der Waals surface area contributed by atoms with Crippen molar-refractivity contribution in [3.05, 3.63) is 113 Å². The number of ether oxygens (including phenoxy) is 1. The number of benzene rings is 3. The van der Waals surface area contributed by atoms with E-state index in [1.165, 1.54) is 11.1 Å². The SMILES string of the molecule is COc1ccc(C(C)NC(=O)/C(C#N)=C\N2CCN(C(c3ccccc3)c3ccccc3)CC2)cc1. The fourth-order valence-corrected chi connectivity index (χ4v) is 4.58. The second-order valence-electron chi connectivity index (χ2n) is 8.92. The number of hydrogen-bond acceptors (Lipinski definition) is 5. The number of rotatable bonds is 8. The Hall–Kier alpha value is -4.08. The Kier molecular flexibility index (Phi) is 8.38. The van der Waals surface area contributed by atoms with Crippen molar-refractivity contribution in [3.63, 3.8) is 0 Å². The summed E-state index contributed by atoms with van der Waals surface area (Å²) >= 11 is 0. The zero-order chi connectivity index (χ0) is 25.3. The smallest absolute Gasteiger partial charge is 0.263 e. The van der Waals surface area contributed by atoms with E-state index in [0.717, 1.165) is 37.5 Å². The summed E-state index contributed by atoms with van der Waals surface area (Å²) in [4.78, 5) is 17.4. The van der Waals surface area contributed by atoms with E-state index >= 15 is 0 Å². The van der Waals surface area contributed by atoms with Gasteiger partial charge < -0.3 is 15.0 Å². The summed E-state index contributed by atoms with van der Waals surface area (Å²) in [6, 6.07) is 30.6. The molecule has 0 aromatic heterocycles. The van der Waals surface area contributed by atoms with Crippen LogP contribution in [0.2, 0.25) is 0 Å². The van der Waals surface area contributed by atoms with E-state index in [1.807, 2.05) is 43.3 Å². The van der Waals surface area contributed by atoms with Gasteiger partial charge >= 0.3 is 0 Å². The lowest BCUT2D eigenvalue weighted by Gasteiger charge is -2.39. The molecule has 3 aromatic rings. The predicted octanol–water partition coefficient (Wildman–Crippen LogP) is 4.69. The van der Waals surface area contributed by atoms with Crippen LogP contribution in [0.4, 0.5) is 0 Å². The summed E-state index contributed by atoms with van der Waals surface area (Å²) in [5.74, 6) is 0.394. The van der Waals surface area contributed by atoms with Crippen molar-refractivity contribution in [2.24, 2.45) is 0 Å². The van der Waals surface area contributed by atoms with E-state index in [-0.39, 0.29) is 23.6 Å². The molecule has 1 fully saturated rings.